The number of ketones is 1. The summed E-state index contributed by atoms with van der Waals surface area (Å²) in [6.45, 7) is 5.31. The quantitative estimate of drug-likeness (QED) is 0.521. The van der Waals surface area contributed by atoms with Gasteiger partial charge in [-0.3, -0.25) is 9.36 Å². The van der Waals surface area contributed by atoms with Gasteiger partial charge in [0.1, 0.15) is 0 Å². The first-order valence-electron chi connectivity index (χ1n) is 5.64. The molecule has 0 aromatic rings. The number of hydrogen-bond acceptors (Lipinski definition) is 5. The van der Waals surface area contributed by atoms with Crippen molar-refractivity contribution in [2.45, 2.75) is 44.8 Å². The molecule has 0 fully saturated rings. The molecule has 0 aromatic carbocycles. The average Bonchev–Trinajstić information content (AvgIpc) is 2.28. The second-order valence-electron chi connectivity index (χ2n) is 3.44. The van der Waals surface area contributed by atoms with E-state index < -0.39 is 24.6 Å². The number of aliphatic hydroxyl groups excluding tert-OH is 1. The Hall–Kier alpha value is 0.0700. The van der Waals surface area contributed by atoms with Gasteiger partial charge in [-0.2, -0.15) is 0 Å². The van der Waals surface area contributed by atoms with E-state index in [9.17, 15) is 14.5 Å². The van der Waals surface area contributed by atoms with Crippen LogP contribution in [-0.4, -0.2) is 35.3 Å². The maximum Gasteiger partial charge on any atom is 0.355 e. The Bertz CT molecular complexity index is 274. The molecule has 0 amide bonds. The molecule has 102 valence electrons. The van der Waals surface area contributed by atoms with E-state index in [4.69, 9.17) is 20.6 Å². The fourth-order valence-corrected chi connectivity index (χ4v) is 3.12. The Kier molecular flexibility index (Phi) is 8.25. The van der Waals surface area contributed by atoms with E-state index in [-0.39, 0.29) is 19.6 Å². The maximum absolute atomic E-state index is 12.1. The minimum absolute atomic E-state index is 0.143. The zero-order chi connectivity index (χ0) is 13.5. The molecule has 0 saturated heterocycles. The van der Waals surface area contributed by atoms with E-state index in [0.717, 1.165) is 0 Å². The lowest BCUT2D eigenvalue weighted by Gasteiger charge is -2.21. The van der Waals surface area contributed by atoms with E-state index in [2.05, 4.69) is 0 Å². The SMILES string of the molecule is CCOP(=O)(OCC)C(Cl)C(=O)C[C@H](O)CC. The molecule has 0 saturated carbocycles. The van der Waals surface area contributed by atoms with Crippen molar-refractivity contribution >= 4 is 25.0 Å². The summed E-state index contributed by atoms with van der Waals surface area (Å²) in [6, 6.07) is 0. The van der Waals surface area contributed by atoms with Crippen LogP contribution in [0.5, 0.6) is 0 Å². The molecule has 0 aliphatic rings. The standard InChI is InChI=1S/C10H20ClO5P/c1-4-8(12)7-9(13)10(11)17(14,15-5-2)16-6-3/h8,10,12H,4-7H2,1-3H3/t8-,10?/m1/s1. The Balaban J connectivity index is 4.66. The largest absolute Gasteiger partial charge is 0.393 e. The van der Waals surface area contributed by atoms with Gasteiger partial charge in [-0.25, -0.2) is 0 Å². The van der Waals surface area contributed by atoms with Gasteiger partial charge >= 0.3 is 7.60 Å². The second-order valence-corrected chi connectivity index (χ2v) is 6.30. The highest BCUT2D eigenvalue weighted by Crippen LogP contribution is 2.55. The number of carbonyl (C=O) groups is 1. The third-order valence-corrected chi connectivity index (χ3v) is 5.11. The molecule has 0 aromatic heterocycles. The van der Waals surface area contributed by atoms with Crippen LogP contribution < -0.4 is 0 Å². The second kappa shape index (κ2) is 8.22. The Morgan fingerprint density at radius 1 is 1.29 bits per heavy atom. The van der Waals surface area contributed by atoms with Crippen molar-refractivity contribution in [3.05, 3.63) is 0 Å². The van der Waals surface area contributed by atoms with Crippen molar-refractivity contribution in [2.75, 3.05) is 13.2 Å². The van der Waals surface area contributed by atoms with Crippen LogP contribution in [0.2, 0.25) is 0 Å². The van der Waals surface area contributed by atoms with Gasteiger partial charge in [0.05, 0.1) is 19.3 Å². The van der Waals surface area contributed by atoms with Gasteiger partial charge in [0, 0.05) is 6.42 Å². The molecule has 0 aliphatic heterocycles. The fraction of sp³-hybridized carbons (Fsp3) is 0.900. The number of Topliss-reactive ketones (excluding diaryl/α,β-unsaturated/α-hetero) is 1. The number of carbonyl (C=O) groups excluding carboxylic acids is 1. The Morgan fingerprint density at radius 2 is 1.76 bits per heavy atom. The van der Waals surface area contributed by atoms with Gasteiger partial charge in [-0.1, -0.05) is 6.92 Å². The topological polar surface area (TPSA) is 72.8 Å². The molecule has 0 heterocycles. The number of alkyl halides is 1. The molecule has 1 N–H and O–H groups in total. The van der Waals surface area contributed by atoms with E-state index in [1.165, 1.54) is 0 Å². The summed E-state index contributed by atoms with van der Waals surface area (Å²) >= 11 is 5.82. The molecule has 0 aliphatic carbocycles. The van der Waals surface area contributed by atoms with Gasteiger partial charge in [0.15, 0.2) is 10.9 Å². The number of halogens is 1. The third kappa shape index (κ3) is 5.49. The van der Waals surface area contributed by atoms with Crippen molar-refractivity contribution in [2.24, 2.45) is 0 Å². The normalized spacial score (nSPS) is 15.6. The first kappa shape index (κ1) is 17.1. The fourth-order valence-electron chi connectivity index (χ4n) is 1.18. The van der Waals surface area contributed by atoms with Crippen molar-refractivity contribution in [1.29, 1.82) is 0 Å². The molecule has 5 nitrogen and oxygen atoms in total. The van der Waals surface area contributed by atoms with E-state index in [0.29, 0.717) is 6.42 Å². The number of aliphatic hydroxyl groups is 1. The summed E-state index contributed by atoms with van der Waals surface area (Å²) in [6.07, 6.45) is -0.488. The molecule has 7 heteroatoms. The minimum atomic E-state index is -3.63. The predicted molar refractivity (Wildman–Crippen MR) is 66.4 cm³/mol. The van der Waals surface area contributed by atoms with Gasteiger partial charge in [0.25, 0.3) is 0 Å². The molecular weight excluding hydrogens is 267 g/mol. The lowest BCUT2D eigenvalue weighted by Crippen LogP contribution is -2.22. The lowest BCUT2D eigenvalue weighted by atomic mass is 10.1. The van der Waals surface area contributed by atoms with Crippen LogP contribution in [0.1, 0.15) is 33.6 Å². The highest BCUT2D eigenvalue weighted by Gasteiger charge is 2.39. The van der Waals surface area contributed by atoms with Crippen LogP contribution in [0.15, 0.2) is 0 Å². The molecule has 17 heavy (non-hydrogen) atoms. The molecule has 1 unspecified atom stereocenters. The molecular formula is C10H20ClO5P. The smallest absolute Gasteiger partial charge is 0.355 e. The maximum atomic E-state index is 12.1. The summed E-state index contributed by atoms with van der Waals surface area (Å²) in [5, 5.41) is 7.99. The van der Waals surface area contributed by atoms with Crippen LogP contribution in [0.4, 0.5) is 0 Å². The molecule has 0 radical (unpaired) electrons. The monoisotopic (exact) mass is 286 g/mol. The summed E-state index contributed by atoms with van der Waals surface area (Å²) in [7, 11) is -3.63. The van der Waals surface area contributed by atoms with E-state index >= 15 is 0 Å². The first-order valence-corrected chi connectivity index (χ1v) is 7.69. The van der Waals surface area contributed by atoms with Gasteiger partial charge < -0.3 is 14.2 Å². The zero-order valence-corrected chi connectivity index (χ0v) is 12.0. The molecule has 0 bridgehead atoms. The lowest BCUT2D eigenvalue weighted by molar-refractivity contribution is -0.119. The Labute approximate surface area is 107 Å². The third-order valence-electron chi connectivity index (χ3n) is 2.07. The van der Waals surface area contributed by atoms with Crippen LogP contribution in [0.3, 0.4) is 0 Å². The molecule has 2 atom stereocenters. The van der Waals surface area contributed by atoms with Crippen LogP contribution in [0, 0.1) is 0 Å². The first-order chi connectivity index (χ1) is 7.91. The Morgan fingerprint density at radius 3 is 2.12 bits per heavy atom. The summed E-state index contributed by atoms with van der Waals surface area (Å²) in [5.74, 6) is -0.522. The van der Waals surface area contributed by atoms with Crippen molar-refractivity contribution in [3.8, 4) is 0 Å². The highest BCUT2D eigenvalue weighted by atomic mass is 35.5. The van der Waals surface area contributed by atoms with Crippen molar-refractivity contribution < 1.29 is 23.5 Å². The minimum Gasteiger partial charge on any atom is -0.393 e. The number of hydrogen-bond donors (Lipinski definition) is 1. The summed E-state index contributed by atoms with van der Waals surface area (Å²) < 4.78 is 22.1. The highest BCUT2D eigenvalue weighted by molar-refractivity contribution is 7.57. The van der Waals surface area contributed by atoms with Crippen LogP contribution >= 0.6 is 19.2 Å². The molecule has 0 spiro atoms. The van der Waals surface area contributed by atoms with Crippen LogP contribution in [-0.2, 0) is 18.4 Å². The predicted octanol–water partition coefficient (Wildman–Crippen LogP) is 2.55. The average molecular weight is 287 g/mol. The zero-order valence-electron chi connectivity index (χ0n) is 10.4. The van der Waals surface area contributed by atoms with E-state index in [1.54, 1.807) is 20.8 Å². The van der Waals surface area contributed by atoms with Crippen molar-refractivity contribution in [1.82, 2.24) is 0 Å². The van der Waals surface area contributed by atoms with Crippen molar-refractivity contribution in [3.63, 3.8) is 0 Å². The number of rotatable bonds is 9. The van der Waals surface area contributed by atoms with E-state index in [1.807, 2.05) is 0 Å². The molecule has 0 rings (SSSR count). The van der Waals surface area contributed by atoms with Crippen LogP contribution in [0.25, 0.3) is 0 Å². The van der Waals surface area contributed by atoms with Gasteiger partial charge in [-0.05, 0) is 20.3 Å². The summed E-state index contributed by atoms with van der Waals surface area (Å²) in [4.78, 5) is 11.7. The van der Waals surface area contributed by atoms with Gasteiger partial charge in [-0.15, -0.1) is 11.6 Å². The summed E-state index contributed by atoms with van der Waals surface area (Å²) in [5.41, 5.74) is 0. The van der Waals surface area contributed by atoms with Gasteiger partial charge in [0.2, 0.25) is 0 Å².